The van der Waals surface area contributed by atoms with Gasteiger partial charge in [-0.25, -0.2) is 9.18 Å². The molecule has 0 bridgehead atoms. The third-order valence-electron chi connectivity index (χ3n) is 9.69. The molecule has 5 heteroatoms. The summed E-state index contributed by atoms with van der Waals surface area (Å²) in [5, 5.41) is 19.4. The molecule has 0 heterocycles. The largest absolute Gasteiger partial charge is 0.508 e. The van der Waals surface area contributed by atoms with Gasteiger partial charge in [0.25, 0.3) is 0 Å². The molecular weight excluding hydrogens is 419 g/mol. The second-order valence-corrected chi connectivity index (χ2v) is 11.2. The highest BCUT2D eigenvalue weighted by molar-refractivity contribution is 5.87. The number of ether oxygens (including phenoxy) is 1. The number of phenolic OH excluding ortho intramolecular Hbond substituents is 1. The van der Waals surface area contributed by atoms with Crippen LogP contribution >= 0.6 is 0 Å². The third kappa shape index (κ3) is 3.73. The van der Waals surface area contributed by atoms with Crippen LogP contribution in [0.25, 0.3) is 0 Å². The van der Waals surface area contributed by atoms with Crippen LogP contribution < -0.4 is 0 Å². The first kappa shape index (κ1) is 22.6. The molecule has 6 atom stereocenters. The number of carbonyl (C=O) groups is 1. The number of aromatic hydroxyl groups is 1. The summed E-state index contributed by atoms with van der Waals surface area (Å²) in [6.07, 6.45) is 12.3. The summed E-state index contributed by atoms with van der Waals surface area (Å²) in [6, 6.07) is 4.18. The van der Waals surface area contributed by atoms with Crippen molar-refractivity contribution in [2.24, 2.45) is 28.6 Å². The number of phenols is 1. The summed E-state index contributed by atoms with van der Waals surface area (Å²) in [7, 11) is 0. The van der Waals surface area contributed by atoms with Gasteiger partial charge in [0.05, 0.1) is 12.7 Å². The van der Waals surface area contributed by atoms with Crippen LogP contribution in [0.5, 0.6) is 5.75 Å². The minimum Gasteiger partial charge on any atom is -0.508 e. The lowest BCUT2D eigenvalue weighted by atomic mass is 9.48. The molecule has 4 aliphatic rings. The molecule has 0 amide bonds. The minimum absolute atomic E-state index is 0.000228. The zero-order valence-corrected chi connectivity index (χ0v) is 19.6. The highest BCUT2D eigenvalue weighted by Gasteiger charge is 2.58. The first-order chi connectivity index (χ1) is 15.7. The van der Waals surface area contributed by atoms with E-state index in [9.17, 15) is 19.4 Å². The van der Waals surface area contributed by atoms with Crippen LogP contribution in [0.2, 0.25) is 0 Å². The summed E-state index contributed by atoms with van der Waals surface area (Å²) in [5.41, 5.74) is 2.77. The van der Waals surface area contributed by atoms with Crippen LogP contribution in [0.15, 0.2) is 41.5 Å². The molecule has 0 radical (unpaired) electrons. The van der Waals surface area contributed by atoms with E-state index in [4.69, 9.17) is 4.74 Å². The maximum atomic E-state index is 13.2. The molecule has 0 aliphatic heterocycles. The Morgan fingerprint density at radius 2 is 2.00 bits per heavy atom. The maximum Gasteiger partial charge on any atom is 0.331 e. The standard InChI is InChI=1S/C28H35FO4/c1-27-12-9-18(26(31)32)15-19(27)4-6-21-22-7-8-25(28(22,2)13-10-23(21)27)33-14-11-17-3-5-20(29)16-24(17)30/h3-5,15-16,21-23,25,30H,6-14H2,1-2H3,(H,31,32)/t21-,22-,23-,25-,27-,28-/m0/s1. The molecule has 1 aromatic carbocycles. The van der Waals surface area contributed by atoms with Crippen molar-refractivity contribution in [3.8, 4) is 5.75 Å². The van der Waals surface area contributed by atoms with Crippen molar-refractivity contribution >= 4 is 5.97 Å². The van der Waals surface area contributed by atoms with Crippen molar-refractivity contribution < 1.29 is 24.1 Å². The number of hydrogen-bond acceptors (Lipinski definition) is 3. The Balaban J connectivity index is 1.28. The van der Waals surface area contributed by atoms with Gasteiger partial charge in [-0.1, -0.05) is 26.0 Å². The van der Waals surface area contributed by atoms with E-state index in [1.165, 1.54) is 24.5 Å². The van der Waals surface area contributed by atoms with Gasteiger partial charge in [-0.05, 0) is 103 Å². The summed E-state index contributed by atoms with van der Waals surface area (Å²) in [6.45, 7) is 5.31. The Morgan fingerprint density at radius 1 is 1.18 bits per heavy atom. The number of allylic oxidation sites excluding steroid dienone is 3. The van der Waals surface area contributed by atoms with Crippen LogP contribution in [0.3, 0.4) is 0 Å². The molecule has 0 aromatic heterocycles. The van der Waals surface area contributed by atoms with E-state index < -0.39 is 11.8 Å². The maximum absolute atomic E-state index is 13.2. The number of hydrogen-bond donors (Lipinski definition) is 2. The average Bonchev–Trinajstić information content (AvgIpc) is 3.11. The second-order valence-electron chi connectivity index (χ2n) is 11.2. The fourth-order valence-electron chi connectivity index (χ4n) is 7.78. The Bertz CT molecular complexity index is 1010. The van der Waals surface area contributed by atoms with E-state index >= 15 is 0 Å². The van der Waals surface area contributed by atoms with Crippen molar-refractivity contribution in [2.75, 3.05) is 6.61 Å². The van der Waals surface area contributed by atoms with Crippen LogP contribution in [-0.2, 0) is 16.0 Å². The van der Waals surface area contributed by atoms with Crippen LogP contribution in [0.4, 0.5) is 4.39 Å². The first-order valence-corrected chi connectivity index (χ1v) is 12.5. The molecule has 4 nitrogen and oxygen atoms in total. The van der Waals surface area contributed by atoms with Gasteiger partial charge in [0.15, 0.2) is 0 Å². The van der Waals surface area contributed by atoms with E-state index in [1.54, 1.807) is 6.07 Å². The predicted octanol–water partition coefficient (Wildman–Crippen LogP) is 6.04. The summed E-state index contributed by atoms with van der Waals surface area (Å²) in [4.78, 5) is 11.5. The Labute approximate surface area is 195 Å². The highest BCUT2D eigenvalue weighted by Crippen LogP contribution is 2.65. The van der Waals surface area contributed by atoms with E-state index in [0.717, 1.165) is 37.3 Å². The molecule has 0 unspecified atom stereocenters. The van der Waals surface area contributed by atoms with Gasteiger partial charge in [-0.15, -0.1) is 0 Å². The number of carboxylic acids is 1. The topological polar surface area (TPSA) is 66.8 Å². The minimum atomic E-state index is -0.777. The highest BCUT2D eigenvalue weighted by atomic mass is 19.1. The Hall–Kier alpha value is -2.14. The van der Waals surface area contributed by atoms with Gasteiger partial charge in [-0.2, -0.15) is 0 Å². The zero-order chi connectivity index (χ0) is 23.4. The van der Waals surface area contributed by atoms with Gasteiger partial charge in [0.1, 0.15) is 11.6 Å². The van der Waals surface area contributed by atoms with E-state index in [-0.39, 0.29) is 22.7 Å². The molecule has 4 aliphatic carbocycles. The number of fused-ring (bicyclic) bond motifs is 5. The van der Waals surface area contributed by atoms with Crippen molar-refractivity contribution in [1.82, 2.24) is 0 Å². The van der Waals surface area contributed by atoms with Gasteiger partial charge in [0.2, 0.25) is 0 Å². The van der Waals surface area contributed by atoms with Gasteiger partial charge in [0, 0.05) is 11.6 Å². The second kappa shape index (κ2) is 8.26. The number of aliphatic carboxylic acids is 1. The molecule has 0 spiro atoms. The van der Waals surface area contributed by atoms with Crippen molar-refractivity contribution in [2.45, 2.75) is 71.3 Å². The lowest BCUT2D eigenvalue weighted by Gasteiger charge is -2.56. The first-order valence-electron chi connectivity index (χ1n) is 12.5. The van der Waals surface area contributed by atoms with Gasteiger partial charge < -0.3 is 14.9 Å². The van der Waals surface area contributed by atoms with Gasteiger partial charge in [-0.3, -0.25) is 0 Å². The smallest absolute Gasteiger partial charge is 0.331 e. The fraction of sp³-hybridized carbons (Fsp3) is 0.607. The van der Waals surface area contributed by atoms with Crippen LogP contribution in [0, 0.1) is 34.4 Å². The lowest BCUT2D eigenvalue weighted by molar-refractivity contribution is -0.133. The van der Waals surface area contributed by atoms with Crippen molar-refractivity contribution in [3.63, 3.8) is 0 Å². The number of benzene rings is 1. The number of halogens is 1. The predicted molar refractivity (Wildman–Crippen MR) is 124 cm³/mol. The fourth-order valence-corrected chi connectivity index (χ4v) is 7.78. The molecule has 2 saturated carbocycles. The molecule has 0 saturated heterocycles. The van der Waals surface area contributed by atoms with Crippen molar-refractivity contribution in [1.29, 1.82) is 0 Å². The molecule has 2 fully saturated rings. The van der Waals surface area contributed by atoms with Crippen LogP contribution in [0.1, 0.15) is 64.4 Å². The summed E-state index contributed by atoms with van der Waals surface area (Å²) < 4.78 is 19.7. The zero-order valence-electron chi connectivity index (χ0n) is 19.6. The summed E-state index contributed by atoms with van der Waals surface area (Å²) >= 11 is 0. The third-order valence-corrected chi connectivity index (χ3v) is 9.69. The average molecular weight is 455 g/mol. The van der Waals surface area contributed by atoms with E-state index in [0.29, 0.717) is 42.8 Å². The quantitative estimate of drug-likeness (QED) is 0.569. The normalized spacial score (nSPS) is 37.4. The van der Waals surface area contributed by atoms with E-state index in [1.807, 2.05) is 6.08 Å². The van der Waals surface area contributed by atoms with Crippen LogP contribution in [-0.4, -0.2) is 28.9 Å². The molecule has 1 aromatic rings. The molecule has 2 N–H and O–H groups in total. The lowest BCUT2D eigenvalue weighted by Crippen LogP contribution is -2.50. The van der Waals surface area contributed by atoms with Gasteiger partial charge >= 0.3 is 5.97 Å². The molecular formula is C28H35FO4. The Morgan fingerprint density at radius 3 is 2.76 bits per heavy atom. The molecule has 33 heavy (non-hydrogen) atoms. The summed E-state index contributed by atoms with van der Waals surface area (Å²) in [5.74, 6) is 0.663. The molecule has 5 rings (SSSR count). The number of rotatable bonds is 5. The Kier molecular flexibility index (Phi) is 5.67. The van der Waals surface area contributed by atoms with Crippen molar-refractivity contribution in [3.05, 3.63) is 52.9 Å². The van der Waals surface area contributed by atoms with E-state index in [2.05, 4.69) is 19.9 Å². The molecule has 178 valence electrons. The SMILES string of the molecule is C[C@]12CC[C@H]3[C@@H](CC=C4C=C(C(=O)O)CC[C@@]43C)[C@@H]1CC[C@@H]2OCCc1ccc(F)cc1O. The number of carboxylic acid groups (broad SMARTS) is 1. The monoisotopic (exact) mass is 454 g/mol.